The number of carbonyl (C=O) groups excluding carboxylic acids is 2. The fourth-order valence-electron chi connectivity index (χ4n) is 2.23. The number of rotatable bonds is 5. The number of nitrogens with one attached hydrogen (secondary N) is 1. The monoisotopic (exact) mass is 272 g/mol. The Bertz CT molecular complexity index is 320. The summed E-state index contributed by atoms with van der Waals surface area (Å²) in [7, 11) is 0. The molecule has 0 aromatic heterocycles. The molecule has 18 heavy (non-hydrogen) atoms. The first-order chi connectivity index (χ1) is 8.40. The topological polar surface area (TPSA) is 49.4 Å². The van der Waals surface area contributed by atoms with Crippen molar-refractivity contribution in [2.45, 2.75) is 52.7 Å². The molecule has 0 saturated carbocycles. The second kappa shape index (κ2) is 6.45. The summed E-state index contributed by atoms with van der Waals surface area (Å²) in [6.45, 7) is 9.84. The van der Waals surface area contributed by atoms with E-state index >= 15 is 0 Å². The molecular formula is C13H24N2O2S. The van der Waals surface area contributed by atoms with Crippen LogP contribution in [0.1, 0.15) is 34.6 Å². The van der Waals surface area contributed by atoms with Gasteiger partial charge >= 0.3 is 0 Å². The second-order valence-corrected chi connectivity index (χ2v) is 6.48. The van der Waals surface area contributed by atoms with E-state index in [0.29, 0.717) is 0 Å². The van der Waals surface area contributed by atoms with Crippen LogP contribution in [0.3, 0.4) is 0 Å². The number of thioether (sulfide) groups is 1. The highest BCUT2D eigenvalue weighted by Gasteiger charge is 2.41. The molecule has 1 N–H and O–H groups in total. The minimum atomic E-state index is -0.372. The van der Waals surface area contributed by atoms with Gasteiger partial charge in [-0.1, -0.05) is 20.8 Å². The molecule has 0 radical (unpaired) electrons. The van der Waals surface area contributed by atoms with Crippen molar-refractivity contribution in [1.29, 1.82) is 0 Å². The minimum absolute atomic E-state index is 0.0401. The van der Waals surface area contributed by atoms with Gasteiger partial charge in [-0.15, -0.1) is 0 Å². The molecule has 1 fully saturated rings. The largest absolute Gasteiger partial charge is 0.342 e. The van der Waals surface area contributed by atoms with Gasteiger partial charge in [0, 0.05) is 11.8 Å². The van der Waals surface area contributed by atoms with E-state index in [1.165, 1.54) is 0 Å². The van der Waals surface area contributed by atoms with Gasteiger partial charge in [-0.2, -0.15) is 11.8 Å². The molecule has 0 spiro atoms. The Labute approximate surface area is 114 Å². The van der Waals surface area contributed by atoms with E-state index in [-0.39, 0.29) is 35.9 Å². The fraction of sp³-hybridized carbons (Fsp3) is 0.846. The Hall–Kier alpha value is -0.710. The molecule has 5 heteroatoms. The molecule has 0 aromatic rings. The normalized spacial score (nSPS) is 26.4. The van der Waals surface area contributed by atoms with Crippen LogP contribution in [0, 0.1) is 5.92 Å². The summed E-state index contributed by atoms with van der Waals surface area (Å²) in [5.74, 6) is 2.05. The van der Waals surface area contributed by atoms with Crippen LogP contribution in [-0.2, 0) is 9.59 Å². The summed E-state index contributed by atoms with van der Waals surface area (Å²) >= 11 is 1.80. The van der Waals surface area contributed by atoms with E-state index in [4.69, 9.17) is 0 Å². The SMILES string of the molecule is CCSCC(C)N1C(=O)C(C(C)C)NC(=O)C1C. The van der Waals surface area contributed by atoms with Crippen LogP contribution >= 0.6 is 11.8 Å². The highest BCUT2D eigenvalue weighted by atomic mass is 32.2. The summed E-state index contributed by atoms with van der Waals surface area (Å²) in [5, 5.41) is 2.82. The predicted molar refractivity (Wildman–Crippen MR) is 75.5 cm³/mol. The molecule has 1 aliphatic heterocycles. The van der Waals surface area contributed by atoms with Gasteiger partial charge in [0.15, 0.2) is 0 Å². The molecule has 2 amide bonds. The lowest BCUT2D eigenvalue weighted by atomic mass is 9.97. The molecule has 1 saturated heterocycles. The molecule has 3 atom stereocenters. The predicted octanol–water partition coefficient (Wildman–Crippen LogP) is 1.50. The first-order valence-electron chi connectivity index (χ1n) is 6.60. The van der Waals surface area contributed by atoms with Gasteiger partial charge in [0.1, 0.15) is 12.1 Å². The Morgan fingerprint density at radius 1 is 1.33 bits per heavy atom. The Morgan fingerprint density at radius 3 is 2.44 bits per heavy atom. The highest BCUT2D eigenvalue weighted by Crippen LogP contribution is 2.20. The molecule has 4 nitrogen and oxygen atoms in total. The zero-order valence-electron chi connectivity index (χ0n) is 11.9. The van der Waals surface area contributed by atoms with E-state index in [1.807, 2.05) is 20.8 Å². The second-order valence-electron chi connectivity index (χ2n) is 5.16. The quantitative estimate of drug-likeness (QED) is 0.825. The zero-order valence-corrected chi connectivity index (χ0v) is 12.7. The molecule has 1 aliphatic rings. The number of piperazine rings is 1. The van der Waals surface area contributed by atoms with Crippen molar-refractivity contribution in [3.8, 4) is 0 Å². The standard InChI is InChI=1S/C13H24N2O2S/c1-6-18-7-9(4)15-10(5)12(16)14-11(8(2)3)13(15)17/h8-11H,6-7H2,1-5H3,(H,14,16). The zero-order chi connectivity index (χ0) is 13.9. The Kier molecular flexibility index (Phi) is 5.50. The van der Waals surface area contributed by atoms with Crippen LogP contribution in [0.25, 0.3) is 0 Å². The van der Waals surface area contributed by atoms with Gasteiger partial charge in [0.25, 0.3) is 0 Å². The van der Waals surface area contributed by atoms with Crippen LogP contribution in [0.15, 0.2) is 0 Å². The summed E-state index contributed by atoms with van der Waals surface area (Å²) in [5.41, 5.74) is 0. The number of nitrogens with zero attached hydrogens (tertiary/aromatic N) is 1. The van der Waals surface area contributed by atoms with Gasteiger partial charge in [0.2, 0.25) is 11.8 Å². The minimum Gasteiger partial charge on any atom is -0.342 e. The lowest BCUT2D eigenvalue weighted by Crippen LogP contribution is -2.66. The van der Waals surface area contributed by atoms with Crippen LogP contribution in [0.5, 0.6) is 0 Å². The van der Waals surface area contributed by atoms with E-state index in [9.17, 15) is 9.59 Å². The molecular weight excluding hydrogens is 248 g/mol. The van der Waals surface area contributed by atoms with Gasteiger partial charge in [-0.3, -0.25) is 9.59 Å². The van der Waals surface area contributed by atoms with Gasteiger partial charge in [-0.25, -0.2) is 0 Å². The van der Waals surface area contributed by atoms with Crippen LogP contribution < -0.4 is 5.32 Å². The molecule has 0 bridgehead atoms. The van der Waals surface area contributed by atoms with Gasteiger partial charge < -0.3 is 10.2 Å². The van der Waals surface area contributed by atoms with E-state index in [2.05, 4.69) is 12.2 Å². The highest BCUT2D eigenvalue weighted by molar-refractivity contribution is 7.99. The fourth-order valence-corrected chi connectivity index (χ4v) is 2.97. The number of amides is 2. The summed E-state index contributed by atoms with van der Waals surface area (Å²) < 4.78 is 0. The van der Waals surface area contributed by atoms with Crippen molar-refractivity contribution in [2.75, 3.05) is 11.5 Å². The lowest BCUT2D eigenvalue weighted by Gasteiger charge is -2.42. The molecule has 1 rings (SSSR count). The first kappa shape index (κ1) is 15.3. The van der Waals surface area contributed by atoms with Crippen LogP contribution in [0.2, 0.25) is 0 Å². The van der Waals surface area contributed by atoms with Crippen LogP contribution in [-0.4, -0.2) is 46.3 Å². The van der Waals surface area contributed by atoms with Crippen molar-refractivity contribution in [1.82, 2.24) is 10.2 Å². The maximum absolute atomic E-state index is 12.4. The van der Waals surface area contributed by atoms with Crippen molar-refractivity contribution in [3.05, 3.63) is 0 Å². The molecule has 1 heterocycles. The van der Waals surface area contributed by atoms with Crippen molar-refractivity contribution in [3.63, 3.8) is 0 Å². The number of hydrogen-bond acceptors (Lipinski definition) is 3. The summed E-state index contributed by atoms with van der Waals surface area (Å²) in [6.07, 6.45) is 0. The van der Waals surface area contributed by atoms with Crippen LogP contribution in [0.4, 0.5) is 0 Å². The summed E-state index contributed by atoms with van der Waals surface area (Å²) in [4.78, 5) is 26.1. The summed E-state index contributed by atoms with van der Waals surface area (Å²) in [6, 6.07) is -0.632. The lowest BCUT2D eigenvalue weighted by molar-refractivity contribution is -0.151. The average molecular weight is 272 g/mol. The smallest absolute Gasteiger partial charge is 0.246 e. The third-order valence-electron chi connectivity index (χ3n) is 3.32. The van der Waals surface area contributed by atoms with Crippen molar-refractivity contribution in [2.24, 2.45) is 5.92 Å². The number of carbonyl (C=O) groups is 2. The molecule has 3 unspecified atom stereocenters. The van der Waals surface area contributed by atoms with Crippen molar-refractivity contribution >= 4 is 23.6 Å². The molecule has 0 aliphatic carbocycles. The van der Waals surface area contributed by atoms with E-state index in [1.54, 1.807) is 23.6 Å². The Balaban J connectivity index is 2.84. The third-order valence-corrected chi connectivity index (χ3v) is 4.45. The third kappa shape index (κ3) is 3.19. The van der Waals surface area contributed by atoms with E-state index < -0.39 is 0 Å². The van der Waals surface area contributed by atoms with E-state index in [0.717, 1.165) is 11.5 Å². The molecule has 0 aromatic carbocycles. The Morgan fingerprint density at radius 2 is 1.94 bits per heavy atom. The van der Waals surface area contributed by atoms with Crippen molar-refractivity contribution < 1.29 is 9.59 Å². The van der Waals surface area contributed by atoms with Gasteiger partial charge in [-0.05, 0) is 25.5 Å². The maximum atomic E-state index is 12.4. The molecule has 104 valence electrons. The first-order valence-corrected chi connectivity index (χ1v) is 7.75. The maximum Gasteiger partial charge on any atom is 0.246 e. The van der Waals surface area contributed by atoms with Gasteiger partial charge in [0.05, 0.1) is 0 Å². The number of hydrogen-bond donors (Lipinski definition) is 1. The average Bonchev–Trinajstić information content (AvgIpc) is 2.31.